The molecule has 1 aromatic heterocycles. The molecule has 2 aromatic rings. The van der Waals surface area contributed by atoms with Gasteiger partial charge in [0.2, 0.25) is 5.95 Å². The molecule has 5 atom stereocenters. The zero-order chi connectivity index (χ0) is 25.7. The van der Waals surface area contributed by atoms with E-state index in [1.54, 1.807) is 30.3 Å². The summed E-state index contributed by atoms with van der Waals surface area (Å²) in [6.45, 7) is 1.36. The summed E-state index contributed by atoms with van der Waals surface area (Å²) in [7, 11) is -4.07. The fourth-order valence-corrected chi connectivity index (χ4v) is 7.08. The molecule has 1 saturated carbocycles. The Morgan fingerprint density at radius 2 is 2.06 bits per heavy atom. The fourth-order valence-electron chi connectivity index (χ4n) is 4.03. The van der Waals surface area contributed by atoms with E-state index in [9.17, 15) is 19.3 Å². The van der Waals surface area contributed by atoms with Crippen molar-refractivity contribution < 1.29 is 28.3 Å². The van der Waals surface area contributed by atoms with E-state index in [-0.39, 0.29) is 30.8 Å². The summed E-state index contributed by atoms with van der Waals surface area (Å²) in [4.78, 5) is 32.2. The quantitative estimate of drug-likeness (QED) is 0.298. The summed E-state index contributed by atoms with van der Waals surface area (Å²) in [5.74, 6) is -0.390. The van der Waals surface area contributed by atoms with Crippen LogP contribution in [0.2, 0.25) is 0 Å². The Balaban J connectivity index is 1.42. The first-order valence-corrected chi connectivity index (χ1v) is 14.2. The largest absolute Gasteiger partial charge is 0.461 e. The molecule has 12 nitrogen and oxygen atoms in total. The number of carbonyl (C=O) groups is 1. The molecule has 1 aliphatic carbocycles. The fraction of sp³-hybridized carbons (Fsp3) is 0.545. The highest BCUT2D eigenvalue weighted by molar-refractivity contribution is 8.00. The highest BCUT2D eigenvalue weighted by Crippen LogP contribution is 2.48. The molecule has 4 N–H and O–H groups in total. The maximum absolute atomic E-state index is 13.7. The van der Waals surface area contributed by atoms with E-state index in [2.05, 4.69) is 15.1 Å². The van der Waals surface area contributed by atoms with Crippen LogP contribution in [0.15, 0.2) is 41.5 Å². The van der Waals surface area contributed by atoms with Crippen LogP contribution in [0, 0.1) is 0 Å². The minimum Gasteiger partial charge on any atom is -0.461 e. The second kappa shape index (κ2) is 11.7. The van der Waals surface area contributed by atoms with Crippen LogP contribution < -0.4 is 21.0 Å². The first-order valence-electron chi connectivity index (χ1n) is 11.7. The van der Waals surface area contributed by atoms with Crippen LogP contribution in [0.25, 0.3) is 0 Å². The maximum atomic E-state index is 13.7. The summed E-state index contributed by atoms with van der Waals surface area (Å²) in [6.07, 6.45) is 4.15. The van der Waals surface area contributed by atoms with Gasteiger partial charge in [0, 0.05) is 6.42 Å². The minimum atomic E-state index is -4.07. The number of hydrogen-bond acceptors (Lipinski definition) is 11. The first-order chi connectivity index (χ1) is 17.2. The molecule has 2 fully saturated rings. The Hall–Kier alpha value is -2.44. The second-order valence-corrected chi connectivity index (χ2v) is 11.8. The molecule has 4 rings (SSSR count). The van der Waals surface area contributed by atoms with Crippen molar-refractivity contribution in [2.75, 3.05) is 12.3 Å². The number of nitrogens with one attached hydrogen (secondary N) is 1. The Kier molecular flexibility index (Phi) is 8.68. The lowest BCUT2D eigenvalue weighted by Crippen LogP contribution is -2.37. The summed E-state index contributed by atoms with van der Waals surface area (Å²) in [5, 5.41) is 12.3. The number of esters is 1. The number of nitrogens with two attached hydrogens (primary N) is 1. The molecule has 0 radical (unpaired) electrons. The Morgan fingerprint density at radius 3 is 2.75 bits per heavy atom. The third-order valence-corrected chi connectivity index (χ3v) is 9.11. The number of anilines is 1. The van der Waals surface area contributed by atoms with Gasteiger partial charge in [-0.25, -0.2) is 14.3 Å². The highest BCUT2D eigenvalue weighted by Gasteiger charge is 2.39. The number of ether oxygens (including phenoxy) is 1. The number of benzene rings is 1. The Labute approximate surface area is 212 Å². The number of nitrogens with zero attached hydrogens (tertiary/aromatic N) is 3. The zero-order valence-corrected chi connectivity index (χ0v) is 21.5. The van der Waals surface area contributed by atoms with Crippen molar-refractivity contribution in [3.05, 3.63) is 47.1 Å². The molecule has 1 aliphatic heterocycles. The molecule has 0 spiro atoms. The minimum absolute atomic E-state index is 0.134. The van der Waals surface area contributed by atoms with Crippen molar-refractivity contribution in [3.63, 3.8) is 0 Å². The third-order valence-electron chi connectivity index (χ3n) is 5.93. The van der Waals surface area contributed by atoms with Gasteiger partial charge in [0.15, 0.2) is 0 Å². The maximum Gasteiger partial charge on any atom is 0.459 e. The normalized spacial score (nSPS) is 24.8. The highest BCUT2D eigenvalue weighted by atomic mass is 32.2. The van der Waals surface area contributed by atoms with E-state index in [1.807, 2.05) is 0 Å². The van der Waals surface area contributed by atoms with Crippen LogP contribution >= 0.6 is 19.5 Å². The van der Waals surface area contributed by atoms with Gasteiger partial charge >= 0.3 is 19.4 Å². The van der Waals surface area contributed by atoms with E-state index in [0.29, 0.717) is 0 Å². The number of thioether (sulfide) groups is 1. The Bertz CT molecular complexity index is 1150. The van der Waals surface area contributed by atoms with E-state index >= 15 is 0 Å². The van der Waals surface area contributed by atoms with Crippen LogP contribution in [0.1, 0.15) is 44.4 Å². The lowest BCUT2D eigenvalue weighted by Gasteiger charge is -2.25. The number of para-hydroxylation sites is 1. The standard InChI is InChI=1S/C22H30N5O7PS/c1-14(20(29)33-15-7-5-6-8-15)26-35(31,34-16-9-3-2-4-10-16)32-12-18-17(28)11-19(36-18)27-13-24-21(23)25-22(27)30/h2-4,9-10,13-15,17-19,28H,5-8,11-12H2,1H3,(H,26,31)(H2,23,25,30)/t14-,17+,18+,19+,35?/m0/s1. The van der Waals surface area contributed by atoms with Crippen molar-refractivity contribution in [2.45, 2.75) is 67.9 Å². The Morgan fingerprint density at radius 1 is 1.33 bits per heavy atom. The van der Waals surface area contributed by atoms with Crippen molar-refractivity contribution in [1.82, 2.24) is 19.6 Å². The van der Waals surface area contributed by atoms with Gasteiger partial charge in [-0.2, -0.15) is 10.1 Å². The molecule has 1 saturated heterocycles. The molecule has 0 bridgehead atoms. The van der Waals surface area contributed by atoms with Crippen molar-refractivity contribution in [3.8, 4) is 5.75 Å². The van der Waals surface area contributed by atoms with Crippen molar-refractivity contribution >= 4 is 31.4 Å². The van der Waals surface area contributed by atoms with E-state index in [0.717, 1.165) is 25.7 Å². The number of rotatable bonds is 10. The van der Waals surface area contributed by atoms with Crippen molar-refractivity contribution in [1.29, 1.82) is 0 Å². The molecule has 1 unspecified atom stereocenters. The van der Waals surface area contributed by atoms with Crippen LogP contribution in [0.5, 0.6) is 5.75 Å². The molecule has 2 heterocycles. The average molecular weight is 540 g/mol. The predicted octanol–water partition coefficient (Wildman–Crippen LogP) is 2.25. The lowest BCUT2D eigenvalue weighted by atomic mass is 10.2. The molecule has 36 heavy (non-hydrogen) atoms. The molecule has 0 amide bonds. The van der Waals surface area contributed by atoms with E-state index in [4.69, 9.17) is 19.5 Å². The number of nitrogen functional groups attached to an aromatic ring is 1. The number of hydrogen-bond donors (Lipinski definition) is 3. The molecule has 1 aromatic carbocycles. The molecular formula is C22H30N5O7PS. The molecule has 196 valence electrons. The average Bonchev–Trinajstić information content (AvgIpc) is 3.47. The van der Waals surface area contributed by atoms with Crippen LogP contribution in [-0.4, -0.2) is 55.7 Å². The van der Waals surface area contributed by atoms with Gasteiger partial charge in [0.25, 0.3) is 0 Å². The van der Waals surface area contributed by atoms with Gasteiger partial charge < -0.3 is 20.1 Å². The molecular weight excluding hydrogens is 509 g/mol. The van der Waals surface area contributed by atoms with Gasteiger partial charge in [-0.15, -0.1) is 11.8 Å². The zero-order valence-electron chi connectivity index (χ0n) is 19.8. The molecule has 2 aliphatic rings. The molecule has 14 heteroatoms. The van der Waals surface area contributed by atoms with Crippen molar-refractivity contribution in [2.24, 2.45) is 0 Å². The van der Waals surface area contributed by atoms with Gasteiger partial charge in [0.05, 0.1) is 23.3 Å². The number of aliphatic hydroxyl groups excluding tert-OH is 1. The first kappa shape index (κ1) is 26.6. The van der Waals surface area contributed by atoms with Gasteiger partial charge in [-0.1, -0.05) is 18.2 Å². The van der Waals surface area contributed by atoms with Crippen LogP contribution in [0.3, 0.4) is 0 Å². The lowest BCUT2D eigenvalue weighted by molar-refractivity contribution is -0.150. The third kappa shape index (κ3) is 6.86. The monoisotopic (exact) mass is 539 g/mol. The van der Waals surface area contributed by atoms with E-state index in [1.165, 1.54) is 29.6 Å². The van der Waals surface area contributed by atoms with E-state index < -0.39 is 42.2 Å². The van der Waals surface area contributed by atoms with Crippen LogP contribution in [-0.2, 0) is 18.6 Å². The smallest absolute Gasteiger partial charge is 0.459 e. The number of aromatic nitrogens is 3. The summed E-state index contributed by atoms with van der Waals surface area (Å²) in [6, 6.07) is 7.47. The second-order valence-electron chi connectivity index (χ2n) is 8.73. The SMILES string of the molecule is C[C@H](NP(=O)(OC[C@H]1S[C@@H](n2cnc(N)nc2=O)C[C@H]1O)Oc1ccccc1)C(=O)OC1CCCC1. The topological polar surface area (TPSA) is 168 Å². The van der Waals surface area contributed by atoms with Crippen LogP contribution in [0.4, 0.5) is 5.95 Å². The predicted molar refractivity (Wildman–Crippen MR) is 133 cm³/mol. The summed E-state index contributed by atoms with van der Waals surface area (Å²) in [5.41, 5.74) is 4.87. The number of aliphatic hydroxyl groups is 1. The number of carbonyl (C=O) groups excluding carboxylic acids is 1. The van der Waals surface area contributed by atoms with Gasteiger partial charge in [-0.3, -0.25) is 13.9 Å². The van der Waals surface area contributed by atoms with Gasteiger partial charge in [0.1, 0.15) is 24.2 Å². The summed E-state index contributed by atoms with van der Waals surface area (Å²) < 4.78 is 31.9. The van der Waals surface area contributed by atoms with Gasteiger partial charge in [-0.05, 0) is 44.7 Å². The summed E-state index contributed by atoms with van der Waals surface area (Å²) >= 11 is 1.26.